The number of nitriles is 1. The van der Waals surface area contributed by atoms with Gasteiger partial charge in [0.1, 0.15) is 11.8 Å². The van der Waals surface area contributed by atoms with E-state index in [2.05, 4.69) is 4.98 Å². The van der Waals surface area contributed by atoms with Gasteiger partial charge in [0.2, 0.25) is 0 Å². The zero-order chi connectivity index (χ0) is 10.7. The van der Waals surface area contributed by atoms with Crippen LogP contribution in [0.5, 0.6) is 0 Å². The predicted octanol–water partition coefficient (Wildman–Crippen LogP) is 1.29. The minimum atomic E-state index is -2.83. The highest BCUT2D eigenvalue weighted by Gasteiger charge is 2.16. The third-order valence-corrected chi connectivity index (χ3v) is 1.57. The van der Waals surface area contributed by atoms with Crippen LogP contribution in [0.1, 0.15) is 28.2 Å². The Kier molecular flexibility index (Phi) is 2.72. The van der Waals surface area contributed by atoms with Crippen molar-refractivity contribution in [3.63, 3.8) is 0 Å². The van der Waals surface area contributed by atoms with E-state index in [4.69, 9.17) is 11.0 Å². The molecule has 0 unspecified atom stereocenters. The molecule has 2 N–H and O–H groups in total. The zero-order valence-electron chi connectivity index (χ0n) is 6.87. The quantitative estimate of drug-likeness (QED) is 0.724. The Hall–Kier alpha value is -2.03. The molecule has 1 aromatic rings. The van der Waals surface area contributed by atoms with Crippen LogP contribution in [0.4, 0.5) is 14.5 Å². The number of aromatic nitrogens is 1. The molecular formula is C8H5F2N3O. The average Bonchev–Trinajstić information content (AvgIpc) is 2.17. The second kappa shape index (κ2) is 3.79. The summed E-state index contributed by atoms with van der Waals surface area (Å²) in [6.07, 6.45) is -2.55. The minimum absolute atomic E-state index is 0.231. The van der Waals surface area contributed by atoms with Crippen LogP contribution in [0.2, 0.25) is 0 Å². The van der Waals surface area contributed by atoms with Crippen LogP contribution in [-0.2, 0) is 0 Å². The van der Waals surface area contributed by atoms with Crippen molar-refractivity contribution in [1.29, 1.82) is 5.26 Å². The Bertz CT molecular complexity index is 412. The van der Waals surface area contributed by atoms with Crippen molar-refractivity contribution in [2.24, 2.45) is 0 Å². The number of anilines is 1. The van der Waals surface area contributed by atoms with Gasteiger partial charge in [-0.3, -0.25) is 4.79 Å². The van der Waals surface area contributed by atoms with Crippen molar-refractivity contribution in [2.45, 2.75) is 6.43 Å². The van der Waals surface area contributed by atoms with E-state index in [1.54, 1.807) is 0 Å². The number of carbonyl (C=O) groups excluding carboxylic acids is 1. The normalized spacial score (nSPS) is 9.86. The Labute approximate surface area is 78.0 Å². The maximum absolute atomic E-state index is 12.3. The molecule has 0 aliphatic rings. The molecule has 0 aliphatic heterocycles. The fourth-order valence-corrected chi connectivity index (χ4v) is 0.922. The van der Waals surface area contributed by atoms with E-state index in [1.807, 2.05) is 0 Å². The summed E-state index contributed by atoms with van der Waals surface area (Å²) < 4.78 is 24.7. The lowest BCUT2D eigenvalue weighted by Gasteiger charge is -2.05. The number of nitrogen functional groups attached to an aromatic ring is 1. The van der Waals surface area contributed by atoms with E-state index in [9.17, 15) is 13.6 Å². The summed E-state index contributed by atoms with van der Waals surface area (Å²) in [6, 6.07) is 2.41. The zero-order valence-corrected chi connectivity index (χ0v) is 6.87. The smallest absolute Gasteiger partial charge is 0.266 e. The molecule has 0 bridgehead atoms. The number of nitrogens with two attached hydrogens (primary N) is 1. The molecule has 0 saturated carbocycles. The Morgan fingerprint density at radius 1 is 1.64 bits per heavy atom. The van der Waals surface area contributed by atoms with Crippen molar-refractivity contribution in [2.75, 3.05) is 5.73 Å². The summed E-state index contributed by atoms with van der Waals surface area (Å²) in [5.74, 6) is 0. The lowest BCUT2D eigenvalue weighted by molar-refractivity contribution is 0.111. The molecule has 0 amide bonds. The van der Waals surface area contributed by atoms with Gasteiger partial charge in [-0.2, -0.15) is 5.26 Å². The number of halogens is 2. The molecule has 4 nitrogen and oxygen atoms in total. The molecule has 0 spiro atoms. The van der Waals surface area contributed by atoms with Crippen molar-refractivity contribution in [3.05, 3.63) is 23.0 Å². The number of aldehydes is 1. The lowest BCUT2D eigenvalue weighted by atomic mass is 10.1. The largest absolute Gasteiger partial charge is 0.396 e. The highest BCUT2D eigenvalue weighted by molar-refractivity contribution is 5.74. The highest BCUT2D eigenvalue weighted by Crippen LogP contribution is 2.26. The molecule has 72 valence electrons. The van der Waals surface area contributed by atoms with Crippen molar-refractivity contribution in [1.82, 2.24) is 4.98 Å². The van der Waals surface area contributed by atoms with Gasteiger partial charge >= 0.3 is 0 Å². The number of carbonyl (C=O) groups is 1. The number of alkyl halides is 2. The van der Waals surface area contributed by atoms with Crippen LogP contribution in [0, 0.1) is 11.3 Å². The fourth-order valence-electron chi connectivity index (χ4n) is 0.922. The molecule has 0 aliphatic carbocycles. The van der Waals surface area contributed by atoms with Gasteiger partial charge in [-0.15, -0.1) is 0 Å². The summed E-state index contributed by atoms with van der Waals surface area (Å²) in [6.45, 7) is 0. The molecular weight excluding hydrogens is 192 g/mol. The number of hydrogen-bond acceptors (Lipinski definition) is 4. The molecule has 1 rings (SSSR count). The van der Waals surface area contributed by atoms with E-state index in [1.165, 1.54) is 6.07 Å². The second-order valence-corrected chi connectivity index (χ2v) is 2.43. The summed E-state index contributed by atoms with van der Waals surface area (Å²) in [5.41, 5.74) is 3.73. The van der Waals surface area contributed by atoms with Crippen LogP contribution in [0.15, 0.2) is 6.07 Å². The summed E-state index contributed by atoms with van der Waals surface area (Å²) in [5, 5.41) is 8.49. The van der Waals surface area contributed by atoms with Gasteiger partial charge in [0, 0.05) is 5.56 Å². The second-order valence-electron chi connectivity index (χ2n) is 2.43. The first-order valence-electron chi connectivity index (χ1n) is 3.54. The van der Waals surface area contributed by atoms with E-state index in [0.29, 0.717) is 0 Å². The van der Waals surface area contributed by atoms with E-state index < -0.39 is 12.0 Å². The number of pyridine rings is 1. The van der Waals surface area contributed by atoms with E-state index >= 15 is 0 Å². The lowest BCUT2D eigenvalue weighted by Crippen LogP contribution is -2.03. The molecule has 6 heteroatoms. The highest BCUT2D eigenvalue weighted by atomic mass is 19.3. The Morgan fingerprint density at radius 2 is 2.29 bits per heavy atom. The van der Waals surface area contributed by atoms with E-state index in [-0.39, 0.29) is 23.4 Å². The first-order chi connectivity index (χ1) is 6.60. The summed E-state index contributed by atoms with van der Waals surface area (Å²) in [7, 11) is 0. The third-order valence-electron chi connectivity index (χ3n) is 1.57. The number of hydrogen-bond donors (Lipinski definition) is 1. The van der Waals surface area contributed by atoms with Gasteiger partial charge in [-0.25, -0.2) is 13.8 Å². The van der Waals surface area contributed by atoms with Gasteiger partial charge in [-0.1, -0.05) is 0 Å². The molecule has 1 heterocycles. The summed E-state index contributed by atoms with van der Waals surface area (Å²) >= 11 is 0. The van der Waals surface area contributed by atoms with Crippen LogP contribution in [0.25, 0.3) is 0 Å². The SMILES string of the molecule is N#Cc1nc(C=O)cc(C(F)F)c1N. The average molecular weight is 197 g/mol. The molecule has 0 saturated heterocycles. The monoisotopic (exact) mass is 197 g/mol. The predicted molar refractivity (Wildman–Crippen MR) is 43.7 cm³/mol. The number of rotatable bonds is 2. The first kappa shape index (κ1) is 10.1. The van der Waals surface area contributed by atoms with Crippen molar-refractivity contribution < 1.29 is 13.6 Å². The molecule has 14 heavy (non-hydrogen) atoms. The van der Waals surface area contributed by atoms with E-state index in [0.717, 1.165) is 6.07 Å². The molecule has 0 atom stereocenters. The molecule has 0 radical (unpaired) electrons. The van der Waals surface area contributed by atoms with Gasteiger partial charge in [0.25, 0.3) is 6.43 Å². The van der Waals surface area contributed by atoms with Gasteiger partial charge in [0.05, 0.1) is 5.69 Å². The summed E-state index contributed by atoms with van der Waals surface area (Å²) in [4.78, 5) is 13.8. The number of nitrogens with zero attached hydrogens (tertiary/aromatic N) is 2. The maximum Gasteiger partial charge on any atom is 0.266 e. The van der Waals surface area contributed by atoms with Crippen molar-refractivity contribution >= 4 is 12.0 Å². The molecule has 1 aromatic heterocycles. The topological polar surface area (TPSA) is 79.8 Å². The van der Waals surface area contributed by atoms with Crippen LogP contribution in [0.3, 0.4) is 0 Å². The standard InChI is InChI=1S/C8H5F2N3O/c9-8(10)5-1-4(3-14)13-6(2-11)7(5)12/h1,3,8H,12H2. The molecule has 0 fully saturated rings. The maximum atomic E-state index is 12.3. The fraction of sp³-hybridized carbons (Fsp3) is 0.125. The van der Waals surface area contributed by atoms with Gasteiger partial charge in [0.15, 0.2) is 12.0 Å². The molecule has 0 aromatic carbocycles. The van der Waals surface area contributed by atoms with Gasteiger partial charge < -0.3 is 5.73 Å². The van der Waals surface area contributed by atoms with Crippen molar-refractivity contribution in [3.8, 4) is 6.07 Å². The first-order valence-corrected chi connectivity index (χ1v) is 3.54. The Morgan fingerprint density at radius 3 is 2.71 bits per heavy atom. The minimum Gasteiger partial charge on any atom is -0.396 e. The van der Waals surface area contributed by atoms with Crippen LogP contribution < -0.4 is 5.73 Å². The van der Waals surface area contributed by atoms with Gasteiger partial charge in [-0.05, 0) is 6.07 Å². The Balaban J connectivity index is 3.43. The van der Waals surface area contributed by atoms with Crippen LogP contribution >= 0.6 is 0 Å². The van der Waals surface area contributed by atoms with Crippen LogP contribution in [-0.4, -0.2) is 11.3 Å². The third kappa shape index (κ3) is 1.66.